The van der Waals surface area contributed by atoms with Gasteiger partial charge in [0.15, 0.2) is 0 Å². The fourth-order valence-electron chi connectivity index (χ4n) is 2.10. The molecule has 6 heteroatoms. The predicted molar refractivity (Wildman–Crippen MR) is 66.8 cm³/mol. The predicted octanol–water partition coefficient (Wildman–Crippen LogP) is 1.69. The smallest absolute Gasteiger partial charge is 0.292 e. The van der Waals surface area contributed by atoms with Gasteiger partial charge in [0.1, 0.15) is 5.69 Å². The number of carbonyl (C=O) groups is 1. The minimum atomic E-state index is -0.503. The third-order valence-electron chi connectivity index (χ3n) is 3.09. The Morgan fingerprint density at radius 1 is 1.39 bits per heavy atom. The zero-order chi connectivity index (χ0) is 13.1. The van der Waals surface area contributed by atoms with E-state index < -0.39 is 4.92 Å². The number of carbonyl (C=O) groups excluding carboxylic acids is 1. The molecule has 1 heterocycles. The number of piperidine rings is 1. The molecule has 1 aromatic rings. The van der Waals surface area contributed by atoms with Crippen LogP contribution in [0.25, 0.3) is 0 Å². The van der Waals surface area contributed by atoms with Crippen LogP contribution in [-0.2, 0) is 11.3 Å². The number of anilines is 1. The molecule has 2 N–H and O–H groups in total. The Balaban J connectivity index is 2.16. The first kappa shape index (κ1) is 12.3. The Morgan fingerprint density at radius 2 is 2.17 bits per heavy atom. The van der Waals surface area contributed by atoms with Gasteiger partial charge in [0.05, 0.1) is 4.92 Å². The number of nitrogens with zero attached hydrogens (tertiary/aromatic N) is 2. The van der Waals surface area contributed by atoms with Gasteiger partial charge in [-0.1, -0.05) is 6.07 Å². The molecule has 0 aliphatic carbocycles. The van der Waals surface area contributed by atoms with Gasteiger partial charge in [-0.25, -0.2) is 0 Å². The van der Waals surface area contributed by atoms with Crippen molar-refractivity contribution in [1.29, 1.82) is 0 Å². The van der Waals surface area contributed by atoms with Crippen LogP contribution in [0.2, 0.25) is 0 Å². The normalized spacial score (nSPS) is 15.8. The quantitative estimate of drug-likeness (QED) is 0.501. The van der Waals surface area contributed by atoms with Crippen LogP contribution in [0.4, 0.5) is 11.4 Å². The van der Waals surface area contributed by atoms with Crippen molar-refractivity contribution in [3.63, 3.8) is 0 Å². The zero-order valence-corrected chi connectivity index (χ0v) is 9.96. The van der Waals surface area contributed by atoms with E-state index in [0.717, 1.165) is 24.9 Å². The van der Waals surface area contributed by atoms with E-state index in [1.807, 2.05) is 0 Å². The number of nitrogens with two attached hydrogens (primary N) is 1. The number of nitro groups is 1. The molecule has 0 unspecified atom stereocenters. The van der Waals surface area contributed by atoms with Gasteiger partial charge in [0.25, 0.3) is 5.69 Å². The lowest BCUT2D eigenvalue weighted by Crippen LogP contribution is -2.34. The first-order valence-electron chi connectivity index (χ1n) is 5.88. The molecule has 1 aromatic carbocycles. The molecule has 6 nitrogen and oxygen atoms in total. The molecule has 96 valence electrons. The number of nitrogen functional groups attached to an aromatic ring is 1. The SMILES string of the molecule is Nc1ccc(CN2CCCCC2=O)cc1[N+](=O)[O-]. The summed E-state index contributed by atoms with van der Waals surface area (Å²) in [5.41, 5.74) is 6.32. The fourth-order valence-corrected chi connectivity index (χ4v) is 2.10. The summed E-state index contributed by atoms with van der Waals surface area (Å²) < 4.78 is 0. The van der Waals surface area contributed by atoms with Crippen LogP contribution in [0, 0.1) is 10.1 Å². The second-order valence-electron chi connectivity index (χ2n) is 4.42. The number of hydrogen-bond donors (Lipinski definition) is 1. The van der Waals surface area contributed by atoms with Crippen LogP contribution in [0.5, 0.6) is 0 Å². The van der Waals surface area contributed by atoms with Crippen molar-refractivity contribution < 1.29 is 9.72 Å². The summed E-state index contributed by atoms with van der Waals surface area (Å²) in [5, 5.41) is 10.8. The molecular weight excluding hydrogens is 234 g/mol. The Morgan fingerprint density at radius 3 is 2.83 bits per heavy atom. The monoisotopic (exact) mass is 249 g/mol. The third kappa shape index (κ3) is 2.58. The van der Waals surface area contributed by atoms with Crippen molar-refractivity contribution in [3.05, 3.63) is 33.9 Å². The zero-order valence-electron chi connectivity index (χ0n) is 9.96. The first-order valence-corrected chi connectivity index (χ1v) is 5.88. The maximum Gasteiger partial charge on any atom is 0.292 e. The van der Waals surface area contributed by atoms with Crippen molar-refractivity contribution in [3.8, 4) is 0 Å². The lowest BCUT2D eigenvalue weighted by Gasteiger charge is -2.26. The summed E-state index contributed by atoms with van der Waals surface area (Å²) in [6, 6.07) is 4.68. The van der Waals surface area contributed by atoms with Gasteiger partial charge >= 0.3 is 0 Å². The van der Waals surface area contributed by atoms with Gasteiger partial charge in [-0.3, -0.25) is 14.9 Å². The Kier molecular flexibility index (Phi) is 3.45. The highest BCUT2D eigenvalue weighted by Gasteiger charge is 2.19. The molecule has 0 radical (unpaired) electrons. The van der Waals surface area contributed by atoms with Crippen LogP contribution < -0.4 is 5.73 Å². The molecule has 2 rings (SSSR count). The number of amides is 1. The van der Waals surface area contributed by atoms with Crippen molar-refractivity contribution in [1.82, 2.24) is 4.90 Å². The van der Waals surface area contributed by atoms with Crippen molar-refractivity contribution in [2.45, 2.75) is 25.8 Å². The van der Waals surface area contributed by atoms with E-state index in [-0.39, 0.29) is 17.3 Å². The highest BCUT2D eigenvalue weighted by Crippen LogP contribution is 2.24. The summed E-state index contributed by atoms with van der Waals surface area (Å²) >= 11 is 0. The number of benzene rings is 1. The third-order valence-corrected chi connectivity index (χ3v) is 3.09. The summed E-state index contributed by atoms with van der Waals surface area (Å²) in [6.45, 7) is 1.14. The van der Waals surface area contributed by atoms with Gasteiger partial charge < -0.3 is 10.6 Å². The first-order chi connectivity index (χ1) is 8.58. The van der Waals surface area contributed by atoms with Gasteiger partial charge in [-0.15, -0.1) is 0 Å². The molecule has 0 saturated carbocycles. The second kappa shape index (κ2) is 5.03. The number of rotatable bonds is 3. The fraction of sp³-hybridized carbons (Fsp3) is 0.417. The molecule has 1 fully saturated rings. The highest BCUT2D eigenvalue weighted by atomic mass is 16.6. The average Bonchev–Trinajstić information content (AvgIpc) is 2.34. The van der Waals surface area contributed by atoms with Crippen LogP contribution >= 0.6 is 0 Å². The van der Waals surface area contributed by atoms with E-state index in [9.17, 15) is 14.9 Å². The maximum atomic E-state index is 11.7. The lowest BCUT2D eigenvalue weighted by atomic mass is 10.1. The van der Waals surface area contributed by atoms with E-state index in [4.69, 9.17) is 5.73 Å². The van der Waals surface area contributed by atoms with E-state index in [1.54, 1.807) is 11.0 Å². The second-order valence-corrected chi connectivity index (χ2v) is 4.42. The van der Waals surface area contributed by atoms with Crippen molar-refractivity contribution in [2.75, 3.05) is 12.3 Å². The Bertz CT molecular complexity index is 487. The van der Waals surface area contributed by atoms with E-state index in [1.165, 1.54) is 12.1 Å². The Hall–Kier alpha value is -2.11. The summed E-state index contributed by atoms with van der Waals surface area (Å²) in [7, 11) is 0. The van der Waals surface area contributed by atoms with E-state index >= 15 is 0 Å². The van der Waals surface area contributed by atoms with E-state index in [2.05, 4.69) is 0 Å². The number of hydrogen-bond acceptors (Lipinski definition) is 4. The maximum absolute atomic E-state index is 11.7. The average molecular weight is 249 g/mol. The minimum Gasteiger partial charge on any atom is -0.393 e. The number of nitro benzene ring substituents is 1. The summed E-state index contributed by atoms with van der Waals surface area (Å²) in [6.07, 6.45) is 2.48. The largest absolute Gasteiger partial charge is 0.393 e. The molecule has 18 heavy (non-hydrogen) atoms. The molecule has 0 spiro atoms. The molecular formula is C12H15N3O3. The molecule has 1 aliphatic rings. The van der Waals surface area contributed by atoms with Gasteiger partial charge in [0, 0.05) is 25.6 Å². The summed E-state index contributed by atoms with van der Waals surface area (Å²) in [4.78, 5) is 23.7. The van der Waals surface area contributed by atoms with Crippen LogP contribution in [0.15, 0.2) is 18.2 Å². The molecule has 0 bridgehead atoms. The molecule has 0 atom stereocenters. The van der Waals surface area contributed by atoms with Gasteiger partial charge in [-0.05, 0) is 24.5 Å². The van der Waals surface area contributed by atoms with Gasteiger partial charge in [-0.2, -0.15) is 0 Å². The van der Waals surface area contributed by atoms with Crippen molar-refractivity contribution in [2.24, 2.45) is 0 Å². The summed E-state index contributed by atoms with van der Waals surface area (Å²) in [5.74, 6) is 0.112. The molecule has 1 aliphatic heterocycles. The Labute approximate surface area is 105 Å². The molecule has 1 amide bonds. The highest BCUT2D eigenvalue weighted by molar-refractivity contribution is 5.76. The number of likely N-dealkylation sites (tertiary alicyclic amines) is 1. The standard InChI is InChI=1S/C12H15N3O3/c13-10-5-4-9(7-11(10)15(17)18)8-14-6-2-1-3-12(14)16/h4-5,7H,1-3,6,8,13H2. The van der Waals surface area contributed by atoms with Gasteiger partial charge in [0.2, 0.25) is 5.91 Å². The topological polar surface area (TPSA) is 89.5 Å². The molecule has 1 saturated heterocycles. The lowest BCUT2D eigenvalue weighted by molar-refractivity contribution is -0.384. The van der Waals surface area contributed by atoms with Crippen molar-refractivity contribution >= 4 is 17.3 Å². The molecule has 0 aromatic heterocycles. The van der Waals surface area contributed by atoms with E-state index in [0.29, 0.717) is 13.0 Å². The van der Waals surface area contributed by atoms with Crippen LogP contribution in [0.3, 0.4) is 0 Å². The van der Waals surface area contributed by atoms with Crippen LogP contribution in [0.1, 0.15) is 24.8 Å². The minimum absolute atomic E-state index is 0.100. The van der Waals surface area contributed by atoms with Crippen LogP contribution in [-0.4, -0.2) is 22.3 Å².